The Kier molecular flexibility index (Phi) is 7.03. The fourth-order valence-corrected chi connectivity index (χ4v) is 3.46. The highest BCUT2D eigenvalue weighted by Crippen LogP contribution is 2.30. The van der Waals surface area contributed by atoms with Gasteiger partial charge in [0.1, 0.15) is 12.4 Å². The molecule has 0 fully saturated rings. The van der Waals surface area contributed by atoms with Gasteiger partial charge in [0.2, 0.25) is 5.91 Å². The van der Waals surface area contributed by atoms with E-state index in [9.17, 15) is 4.79 Å². The lowest BCUT2D eigenvalue weighted by atomic mass is 10.0. The van der Waals surface area contributed by atoms with Crippen molar-refractivity contribution in [2.45, 2.75) is 20.4 Å². The number of rotatable bonds is 8. The maximum atomic E-state index is 11.8. The number of fused-ring (bicyclic) bond motifs is 1. The summed E-state index contributed by atoms with van der Waals surface area (Å²) in [5.74, 6) is 0.708. The van der Waals surface area contributed by atoms with Gasteiger partial charge in [-0.3, -0.25) is 4.79 Å². The molecule has 3 aromatic rings. The van der Waals surface area contributed by atoms with Gasteiger partial charge in [-0.15, -0.1) is 0 Å². The number of amides is 1. The van der Waals surface area contributed by atoms with E-state index in [4.69, 9.17) is 14.5 Å². The Bertz CT molecular complexity index is 1050. The van der Waals surface area contributed by atoms with E-state index in [1.54, 1.807) is 0 Å². The largest absolute Gasteiger partial charge is 0.494 e. The number of aromatic nitrogens is 1. The molecule has 0 atom stereocenters. The quantitative estimate of drug-likeness (QED) is 0.605. The van der Waals surface area contributed by atoms with Gasteiger partial charge in [0, 0.05) is 35.9 Å². The monoisotopic (exact) mass is 407 g/mol. The molecule has 3 rings (SSSR count). The minimum Gasteiger partial charge on any atom is -0.494 e. The van der Waals surface area contributed by atoms with Crippen LogP contribution in [0.1, 0.15) is 18.1 Å². The summed E-state index contributed by atoms with van der Waals surface area (Å²) in [4.78, 5) is 18.8. The fourth-order valence-electron chi connectivity index (χ4n) is 3.46. The van der Waals surface area contributed by atoms with E-state index >= 15 is 0 Å². The van der Waals surface area contributed by atoms with E-state index in [-0.39, 0.29) is 12.5 Å². The first-order valence-corrected chi connectivity index (χ1v) is 10.0. The highest BCUT2D eigenvalue weighted by Gasteiger charge is 2.11. The molecule has 0 saturated carbocycles. The van der Waals surface area contributed by atoms with Crippen LogP contribution in [0.15, 0.2) is 42.5 Å². The lowest BCUT2D eigenvalue weighted by Crippen LogP contribution is -2.17. The lowest BCUT2D eigenvalue weighted by molar-refractivity contribution is -0.119. The molecule has 0 spiro atoms. The third kappa shape index (κ3) is 5.14. The van der Waals surface area contributed by atoms with Crippen LogP contribution in [-0.2, 0) is 16.1 Å². The van der Waals surface area contributed by atoms with Gasteiger partial charge in [-0.25, -0.2) is 4.98 Å². The normalized spacial score (nSPS) is 11.1. The Balaban J connectivity index is 2.01. The standard InChI is InChI=1S/C24H29N3O3/c1-6-30-23-10-7-17(12-18(23)14-27(3)4)21-11-16(2)20-9-8-19(13-22(20)26-21)25-24(28)15-29-5/h7-13H,6,14-15H2,1-5H3,(H,25,28). The van der Waals surface area contributed by atoms with Gasteiger partial charge >= 0.3 is 0 Å². The van der Waals surface area contributed by atoms with Crippen LogP contribution >= 0.6 is 0 Å². The highest BCUT2D eigenvalue weighted by molar-refractivity contribution is 5.95. The third-order valence-corrected chi connectivity index (χ3v) is 4.72. The van der Waals surface area contributed by atoms with Crippen LogP contribution in [0.2, 0.25) is 0 Å². The van der Waals surface area contributed by atoms with Crippen molar-refractivity contribution in [1.29, 1.82) is 0 Å². The van der Waals surface area contributed by atoms with Gasteiger partial charge in [0.25, 0.3) is 0 Å². The second-order valence-electron chi connectivity index (χ2n) is 7.53. The zero-order valence-corrected chi connectivity index (χ0v) is 18.3. The molecule has 0 saturated heterocycles. The fraction of sp³-hybridized carbons (Fsp3) is 0.333. The van der Waals surface area contributed by atoms with Gasteiger partial charge in [0.15, 0.2) is 0 Å². The van der Waals surface area contributed by atoms with Gasteiger partial charge < -0.3 is 19.7 Å². The summed E-state index contributed by atoms with van der Waals surface area (Å²) in [5, 5.41) is 3.90. The van der Waals surface area contributed by atoms with Gasteiger partial charge in [-0.2, -0.15) is 0 Å². The van der Waals surface area contributed by atoms with Gasteiger partial charge in [-0.1, -0.05) is 6.07 Å². The molecule has 0 aliphatic carbocycles. The van der Waals surface area contributed by atoms with Crippen LogP contribution < -0.4 is 10.1 Å². The summed E-state index contributed by atoms with van der Waals surface area (Å²) in [5.41, 5.74) is 5.72. The molecule has 1 amide bonds. The predicted molar refractivity (Wildman–Crippen MR) is 121 cm³/mol. The molecule has 1 N–H and O–H groups in total. The third-order valence-electron chi connectivity index (χ3n) is 4.72. The molecule has 158 valence electrons. The Morgan fingerprint density at radius 3 is 2.63 bits per heavy atom. The molecule has 6 heteroatoms. The summed E-state index contributed by atoms with van der Waals surface area (Å²) >= 11 is 0. The van der Waals surface area contributed by atoms with Crippen molar-refractivity contribution in [3.63, 3.8) is 0 Å². The molecule has 1 aromatic heterocycles. The number of carbonyl (C=O) groups is 1. The Labute approximate surface area is 177 Å². The number of pyridine rings is 1. The number of nitrogens with one attached hydrogen (secondary N) is 1. The minimum atomic E-state index is -0.190. The zero-order valence-electron chi connectivity index (χ0n) is 18.3. The molecule has 2 aromatic carbocycles. The molecule has 0 bridgehead atoms. The molecule has 0 aliphatic heterocycles. The maximum Gasteiger partial charge on any atom is 0.250 e. The minimum absolute atomic E-state index is 0.0192. The molecule has 0 unspecified atom stereocenters. The smallest absolute Gasteiger partial charge is 0.250 e. The number of methoxy groups -OCH3 is 1. The number of aryl methyl sites for hydroxylation is 1. The van der Waals surface area contributed by atoms with Crippen LogP contribution in [0.5, 0.6) is 5.75 Å². The summed E-state index contributed by atoms with van der Waals surface area (Å²) in [6.45, 7) is 5.50. The first kappa shape index (κ1) is 21.7. The van der Waals surface area contributed by atoms with Gasteiger partial charge in [0.05, 0.1) is 17.8 Å². The van der Waals surface area contributed by atoms with Crippen LogP contribution in [0.4, 0.5) is 5.69 Å². The Hall–Kier alpha value is -2.96. The number of ether oxygens (including phenoxy) is 2. The van der Waals surface area contributed by atoms with Crippen molar-refractivity contribution < 1.29 is 14.3 Å². The molecular formula is C24H29N3O3. The molecule has 0 aliphatic rings. The summed E-state index contributed by atoms with van der Waals surface area (Å²) in [6.07, 6.45) is 0. The highest BCUT2D eigenvalue weighted by atomic mass is 16.5. The average molecular weight is 408 g/mol. The average Bonchev–Trinajstić information content (AvgIpc) is 2.69. The lowest BCUT2D eigenvalue weighted by Gasteiger charge is -2.16. The summed E-state index contributed by atoms with van der Waals surface area (Å²) in [7, 11) is 5.58. The van der Waals surface area contributed by atoms with Crippen LogP contribution in [0.3, 0.4) is 0 Å². The van der Waals surface area contributed by atoms with Crippen molar-refractivity contribution in [3.8, 4) is 17.0 Å². The topological polar surface area (TPSA) is 63.7 Å². The Morgan fingerprint density at radius 2 is 1.93 bits per heavy atom. The van der Waals surface area contributed by atoms with E-state index < -0.39 is 0 Å². The van der Waals surface area contributed by atoms with Crippen molar-refractivity contribution in [3.05, 3.63) is 53.6 Å². The van der Waals surface area contributed by atoms with Crippen LogP contribution in [-0.4, -0.2) is 50.2 Å². The predicted octanol–water partition coefficient (Wildman–Crippen LogP) is 4.26. The first-order chi connectivity index (χ1) is 14.4. The van der Waals surface area contributed by atoms with E-state index in [1.807, 2.05) is 51.4 Å². The number of nitrogens with zero attached hydrogens (tertiary/aromatic N) is 2. The molecule has 1 heterocycles. The van der Waals surface area contributed by atoms with Crippen LogP contribution in [0.25, 0.3) is 22.2 Å². The van der Waals surface area contributed by atoms with Gasteiger partial charge in [-0.05, 0) is 69.9 Å². The molecule has 6 nitrogen and oxygen atoms in total. The van der Waals surface area contributed by atoms with Crippen molar-refractivity contribution in [2.75, 3.05) is 39.7 Å². The number of carbonyl (C=O) groups excluding carboxylic acids is 1. The molecular weight excluding hydrogens is 378 g/mol. The maximum absolute atomic E-state index is 11.8. The number of anilines is 1. The molecule has 0 radical (unpaired) electrons. The second kappa shape index (κ2) is 9.69. The summed E-state index contributed by atoms with van der Waals surface area (Å²) in [6, 6.07) is 14.1. The zero-order chi connectivity index (χ0) is 21.7. The van der Waals surface area contributed by atoms with Crippen molar-refractivity contribution >= 4 is 22.5 Å². The SMILES string of the molecule is CCOc1ccc(-c2cc(C)c3ccc(NC(=O)COC)cc3n2)cc1CN(C)C. The van der Waals surface area contributed by atoms with E-state index in [2.05, 4.69) is 29.3 Å². The Morgan fingerprint density at radius 1 is 1.13 bits per heavy atom. The number of hydrogen-bond donors (Lipinski definition) is 1. The van der Waals surface area contributed by atoms with E-state index in [1.165, 1.54) is 7.11 Å². The van der Waals surface area contributed by atoms with Crippen LogP contribution in [0, 0.1) is 6.92 Å². The molecule has 30 heavy (non-hydrogen) atoms. The summed E-state index contributed by atoms with van der Waals surface area (Å²) < 4.78 is 10.7. The van der Waals surface area contributed by atoms with Crippen molar-refractivity contribution in [1.82, 2.24) is 9.88 Å². The number of benzene rings is 2. The van der Waals surface area contributed by atoms with E-state index in [0.29, 0.717) is 12.3 Å². The van der Waals surface area contributed by atoms with Crippen molar-refractivity contribution in [2.24, 2.45) is 0 Å². The first-order valence-electron chi connectivity index (χ1n) is 10.0. The van der Waals surface area contributed by atoms with E-state index in [0.717, 1.165) is 45.6 Å². The second-order valence-corrected chi connectivity index (χ2v) is 7.53. The number of hydrogen-bond acceptors (Lipinski definition) is 5.